The molecule has 0 saturated heterocycles. The fourth-order valence-corrected chi connectivity index (χ4v) is 3.15. The Morgan fingerprint density at radius 1 is 1.35 bits per heavy atom. The number of aryl methyl sites for hydroxylation is 1. The van der Waals surface area contributed by atoms with Gasteiger partial charge in [-0.15, -0.1) is 11.3 Å². The Hall–Kier alpha value is -1.03. The van der Waals surface area contributed by atoms with Crippen molar-refractivity contribution in [3.63, 3.8) is 0 Å². The zero-order valence-corrected chi connectivity index (χ0v) is 13.6. The molecule has 0 aliphatic rings. The lowest BCUT2D eigenvalue weighted by molar-refractivity contribution is 0.404. The van der Waals surface area contributed by atoms with Crippen LogP contribution in [0.2, 0.25) is 5.02 Å². The van der Waals surface area contributed by atoms with E-state index in [1.807, 2.05) is 18.2 Å². The van der Waals surface area contributed by atoms with Crippen molar-refractivity contribution in [2.24, 2.45) is 0 Å². The van der Waals surface area contributed by atoms with Gasteiger partial charge >= 0.3 is 0 Å². The monoisotopic (exact) mass is 309 g/mol. The number of ether oxygens (including phenoxy) is 1. The summed E-state index contributed by atoms with van der Waals surface area (Å²) in [6.45, 7) is 5.24. The lowest BCUT2D eigenvalue weighted by Gasteiger charge is -2.21. The van der Waals surface area contributed by atoms with Gasteiger partial charge < -0.3 is 10.1 Å². The van der Waals surface area contributed by atoms with Gasteiger partial charge in [0.2, 0.25) is 0 Å². The van der Waals surface area contributed by atoms with Crippen molar-refractivity contribution in [1.29, 1.82) is 0 Å². The highest BCUT2D eigenvalue weighted by Gasteiger charge is 2.19. The maximum Gasteiger partial charge on any atom is 0.124 e. The first kappa shape index (κ1) is 15.4. The first-order chi connectivity index (χ1) is 9.65. The van der Waals surface area contributed by atoms with Gasteiger partial charge in [0.1, 0.15) is 5.75 Å². The van der Waals surface area contributed by atoms with Gasteiger partial charge in [0.25, 0.3) is 0 Å². The molecule has 1 heterocycles. The smallest absolute Gasteiger partial charge is 0.124 e. The van der Waals surface area contributed by atoms with Gasteiger partial charge in [-0.2, -0.15) is 0 Å². The van der Waals surface area contributed by atoms with Crippen molar-refractivity contribution in [3.8, 4) is 5.75 Å². The van der Waals surface area contributed by atoms with Crippen molar-refractivity contribution in [2.75, 3.05) is 13.7 Å². The predicted octanol–water partition coefficient (Wildman–Crippen LogP) is 4.81. The fraction of sp³-hybridized carbons (Fsp3) is 0.375. The molecular weight excluding hydrogens is 290 g/mol. The highest BCUT2D eigenvalue weighted by Crippen LogP contribution is 2.34. The Morgan fingerprint density at radius 3 is 2.75 bits per heavy atom. The average Bonchev–Trinajstić information content (AvgIpc) is 2.86. The Kier molecular flexibility index (Phi) is 5.46. The Bertz CT molecular complexity index is 567. The topological polar surface area (TPSA) is 21.3 Å². The summed E-state index contributed by atoms with van der Waals surface area (Å²) in [5.41, 5.74) is 2.35. The van der Waals surface area contributed by atoms with Crippen LogP contribution in [-0.4, -0.2) is 13.7 Å². The molecule has 2 nitrogen and oxygen atoms in total. The molecule has 2 rings (SSSR count). The molecule has 0 radical (unpaired) electrons. The number of benzene rings is 1. The van der Waals surface area contributed by atoms with Gasteiger partial charge in [0.05, 0.1) is 13.2 Å². The summed E-state index contributed by atoms with van der Waals surface area (Å²) in [4.78, 5) is 1.31. The molecule has 0 aliphatic heterocycles. The van der Waals surface area contributed by atoms with Gasteiger partial charge in [-0.3, -0.25) is 0 Å². The van der Waals surface area contributed by atoms with E-state index in [1.54, 1.807) is 18.4 Å². The molecule has 0 saturated carbocycles. The van der Waals surface area contributed by atoms with E-state index >= 15 is 0 Å². The van der Waals surface area contributed by atoms with E-state index in [0.29, 0.717) is 0 Å². The minimum Gasteiger partial charge on any atom is -0.496 e. The van der Waals surface area contributed by atoms with Gasteiger partial charge in [-0.25, -0.2) is 0 Å². The molecule has 0 aliphatic carbocycles. The Morgan fingerprint density at radius 2 is 2.15 bits per heavy atom. The van der Waals surface area contributed by atoms with Gasteiger partial charge in [0.15, 0.2) is 0 Å². The third-order valence-electron chi connectivity index (χ3n) is 3.19. The number of thiophene rings is 1. The summed E-state index contributed by atoms with van der Waals surface area (Å²) < 4.78 is 5.49. The molecule has 0 fully saturated rings. The summed E-state index contributed by atoms with van der Waals surface area (Å²) in [5, 5.41) is 6.52. The molecule has 1 atom stereocenters. The highest BCUT2D eigenvalue weighted by atomic mass is 35.5. The van der Waals surface area contributed by atoms with Crippen LogP contribution in [0.3, 0.4) is 0 Å². The zero-order valence-electron chi connectivity index (χ0n) is 12.1. The molecule has 4 heteroatoms. The summed E-state index contributed by atoms with van der Waals surface area (Å²) in [6, 6.07) is 8.12. The largest absolute Gasteiger partial charge is 0.496 e. The highest BCUT2D eigenvalue weighted by molar-refractivity contribution is 7.10. The Labute approximate surface area is 129 Å². The second-order valence-electron chi connectivity index (χ2n) is 4.76. The quantitative estimate of drug-likeness (QED) is 0.827. The maximum absolute atomic E-state index is 6.16. The van der Waals surface area contributed by atoms with Crippen molar-refractivity contribution >= 4 is 22.9 Å². The van der Waals surface area contributed by atoms with Crippen LogP contribution in [-0.2, 0) is 0 Å². The number of nitrogens with one attached hydrogen (secondary N) is 1. The van der Waals surface area contributed by atoms with Crippen molar-refractivity contribution in [1.82, 2.24) is 5.32 Å². The van der Waals surface area contributed by atoms with E-state index in [0.717, 1.165) is 29.3 Å². The van der Waals surface area contributed by atoms with E-state index < -0.39 is 0 Å². The number of hydrogen-bond acceptors (Lipinski definition) is 3. The molecule has 1 aromatic heterocycles. The molecular formula is C16H20ClNOS. The van der Waals surface area contributed by atoms with E-state index in [1.165, 1.54) is 10.4 Å². The first-order valence-corrected chi connectivity index (χ1v) is 8.03. The summed E-state index contributed by atoms with van der Waals surface area (Å²) >= 11 is 7.93. The van der Waals surface area contributed by atoms with Gasteiger partial charge in [-0.1, -0.05) is 18.5 Å². The van der Waals surface area contributed by atoms with E-state index in [4.69, 9.17) is 16.3 Å². The third-order valence-corrected chi connectivity index (χ3v) is 4.30. The van der Waals surface area contributed by atoms with E-state index in [-0.39, 0.29) is 6.04 Å². The molecule has 108 valence electrons. The van der Waals surface area contributed by atoms with Crippen LogP contribution in [0.5, 0.6) is 5.75 Å². The number of hydrogen-bond donors (Lipinski definition) is 1. The molecule has 1 N–H and O–H groups in total. The Balaban J connectivity index is 2.42. The fourth-order valence-electron chi connectivity index (χ4n) is 2.24. The molecule has 0 amide bonds. The predicted molar refractivity (Wildman–Crippen MR) is 87.2 cm³/mol. The molecule has 0 bridgehead atoms. The lowest BCUT2D eigenvalue weighted by atomic mass is 9.99. The van der Waals surface area contributed by atoms with Gasteiger partial charge in [0, 0.05) is 15.5 Å². The summed E-state index contributed by atoms with van der Waals surface area (Å²) in [6.07, 6.45) is 1.09. The van der Waals surface area contributed by atoms with Crippen LogP contribution in [0.25, 0.3) is 0 Å². The molecule has 20 heavy (non-hydrogen) atoms. The van der Waals surface area contributed by atoms with Crippen LogP contribution in [0.1, 0.15) is 35.4 Å². The number of methoxy groups -OCH3 is 1. The minimum absolute atomic E-state index is 0.119. The van der Waals surface area contributed by atoms with Crippen LogP contribution >= 0.6 is 22.9 Å². The average molecular weight is 310 g/mol. The van der Waals surface area contributed by atoms with E-state index in [2.05, 4.69) is 30.6 Å². The third kappa shape index (κ3) is 3.54. The van der Waals surface area contributed by atoms with Crippen LogP contribution in [0.15, 0.2) is 29.6 Å². The van der Waals surface area contributed by atoms with Crippen LogP contribution in [0, 0.1) is 6.92 Å². The van der Waals surface area contributed by atoms with E-state index in [9.17, 15) is 0 Å². The van der Waals surface area contributed by atoms with Crippen LogP contribution in [0.4, 0.5) is 0 Å². The first-order valence-electron chi connectivity index (χ1n) is 6.77. The SMILES string of the molecule is CCCNC(c1csc(C)c1)c1cc(Cl)ccc1OC. The van der Waals surface area contributed by atoms with Crippen molar-refractivity contribution < 1.29 is 4.74 Å². The van der Waals surface area contributed by atoms with Crippen molar-refractivity contribution in [2.45, 2.75) is 26.3 Å². The summed E-state index contributed by atoms with van der Waals surface area (Å²) in [7, 11) is 1.70. The summed E-state index contributed by atoms with van der Waals surface area (Å²) in [5.74, 6) is 0.867. The normalized spacial score (nSPS) is 12.4. The molecule has 1 aromatic carbocycles. The minimum atomic E-state index is 0.119. The molecule has 1 unspecified atom stereocenters. The van der Waals surface area contributed by atoms with Crippen molar-refractivity contribution in [3.05, 3.63) is 50.7 Å². The lowest BCUT2D eigenvalue weighted by Crippen LogP contribution is -2.23. The second kappa shape index (κ2) is 7.11. The zero-order chi connectivity index (χ0) is 14.5. The van der Waals surface area contributed by atoms with Crippen LogP contribution < -0.4 is 10.1 Å². The maximum atomic E-state index is 6.16. The standard InChI is InChI=1S/C16H20ClNOS/c1-4-7-18-16(12-8-11(2)20-10-12)14-9-13(17)5-6-15(14)19-3/h5-6,8-10,16,18H,4,7H2,1-3H3. The number of rotatable bonds is 6. The molecule has 2 aromatic rings. The number of halogens is 1. The molecule has 0 spiro atoms. The van der Waals surface area contributed by atoms with Gasteiger partial charge in [-0.05, 0) is 55.1 Å². The second-order valence-corrected chi connectivity index (χ2v) is 6.32.